The first-order chi connectivity index (χ1) is 9.52. The van der Waals surface area contributed by atoms with Gasteiger partial charge in [-0.15, -0.1) is 0 Å². The Morgan fingerprint density at radius 2 is 2.15 bits per heavy atom. The van der Waals surface area contributed by atoms with Crippen LogP contribution < -0.4 is 10.9 Å². The Morgan fingerprint density at radius 1 is 1.40 bits per heavy atom. The van der Waals surface area contributed by atoms with Crippen molar-refractivity contribution in [3.63, 3.8) is 0 Å². The summed E-state index contributed by atoms with van der Waals surface area (Å²) in [5.41, 5.74) is 4.74. The topological polar surface area (TPSA) is 90.8 Å². The SMILES string of the molecule is O=C(NO)N/N=C\C1=CCc2c(Cl)cc(Cl)cc2C1=O. The quantitative estimate of drug-likeness (QED) is 0.444. The Labute approximate surface area is 124 Å². The van der Waals surface area contributed by atoms with Crippen molar-refractivity contribution in [2.45, 2.75) is 6.42 Å². The number of nitrogens with zero attached hydrogens (tertiary/aromatic N) is 1. The number of fused-ring (bicyclic) bond motifs is 1. The molecule has 8 heteroatoms. The van der Waals surface area contributed by atoms with Crippen LogP contribution in [0.4, 0.5) is 4.79 Å². The monoisotopic (exact) mass is 313 g/mol. The van der Waals surface area contributed by atoms with E-state index in [9.17, 15) is 9.59 Å². The lowest BCUT2D eigenvalue weighted by Crippen LogP contribution is -2.29. The van der Waals surface area contributed by atoms with Crippen LogP contribution in [0.5, 0.6) is 0 Å². The van der Waals surface area contributed by atoms with Crippen LogP contribution in [0.1, 0.15) is 15.9 Å². The van der Waals surface area contributed by atoms with Gasteiger partial charge in [-0.2, -0.15) is 5.10 Å². The van der Waals surface area contributed by atoms with E-state index in [1.807, 2.05) is 5.43 Å². The smallest absolute Gasteiger partial charge is 0.289 e. The molecule has 0 atom stereocenters. The van der Waals surface area contributed by atoms with Crippen LogP contribution in [-0.4, -0.2) is 23.2 Å². The van der Waals surface area contributed by atoms with Gasteiger partial charge in [-0.25, -0.2) is 15.7 Å². The highest BCUT2D eigenvalue weighted by atomic mass is 35.5. The molecule has 2 amide bonds. The Balaban J connectivity index is 2.22. The van der Waals surface area contributed by atoms with E-state index in [1.165, 1.54) is 11.7 Å². The molecule has 6 nitrogen and oxygen atoms in total. The predicted molar refractivity (Wildman–Crippen MR) is 74.5 cm³/mol. The first-order valence-corrected chi connectivity index (χ1v) is 6.24. The van der Waals surface area contributed by atoms with Gasteiger partial charge >= 0.3 is 6.03 Å². The molecule has 0 bridgehead atoms. The summed E-state index contributed by atoms with van der Waals surface area (Å²) in [6, 6.07) is 2.21. The summed E-state index contributed by atoms with van der Waals surface area (Å²) >= 11 is 11.9. The van der Waals surface area contributed by atoms with Crippen molar-refractivity contribution >= 4 is 41.2 Å². The fourth-order valence-electron chi connectivity index (χ4n) is 1.77. The number of hydrazone groups is 1. The number of carbonyl (C=O) groups is 2. The van der Waals surface area contributed by atoms with E-state index in [4.69, 9.17) is 28.4 Å². The number of amides is 2. The number of hydrogen-bond donors (Lipinski definition) is 3. The molecule has 0 fully saturated rings. The van der Waals surface area contributed by atoms with Gasteiger partial charge in [0.1, 0.15) is 0 Å². The van der Waals surface area contributed by atoms with Gasteiger partial charge in [-0.1, -0.05) is 29.3 Å². The molecule has 0 spiro atoms. The number of rotatable bonds is 2. The molecule has 1 aromatic carbocycles. The standard InChI is InChI=1S/C12H9Cl2N3O3/c13-7-3-9-8(10(14)4-7)2-1-6(11(9)18)5-15-16-12(19)17-20/h1,3-5,20H,2H2,(H2,16,17,19)/b15-5-. The second-order valence-corrected chi connectivity index (χ2v) is 4.76. The van der Waals surface area contributed by atoms with Crippen LogP contribution in [0, 0.1) is 0 Å². The van der Waals surface area contributed by atoms with E-state index in [1.54, 1.807) is 18.2 Å². The maximum Gasteiger partial charge on any atom is 0.358 e. The van der Waals surface area contributed by atoms with Crippen LogP contribution in [0.15, 0.2) is 28.9 Å². The van der Waals surface area contributed by atoms with Crippen molar-refractivity contribution in [1.29, 1.82) is 0 Å². The summed E-state index contributed by atoms with van der Waals surface area (Å²) in [4.78, 5) is 22.9. The number of benzene rings is 1. The van der Waals surface area contributed by atoms with Gasteiger partial charge in [0, 0.05) is 21.2 Å². The van der Waals surface area contributed by atoms with E-state index in [-0.39, 0.29) is 5.78 Å². The molecule has 1 aromatic rings. The molecule has 1 aliphatic carbocycles. The lowest BCUT2D eigenvalue weighted by molar-refractivity contribution is 0.103. The van der Waals surface area contributed by atoms with Gasteiger partial charge in [0.05, 0.1) is 6.21 Å². The summed E-state index contributed by atoms with van der Waals surface area (Å²) in [5.74, 6) is -0.286. The highest BCUT2D eigenvalue weighted by Gasteiger charge is 2.22. The van der Waals surface area contributed by atoms with Gasteiger partial charge in [0.2, 0.25) is 0 Å². The number of ketones is 1. The maximum atomic E-state index is 12.2. The van der Waals surface area contributed by atoms with Crippen molar-refractivity contribution in [2.24, 2.45) is 5.10 Å². The molecule has 0 saturated heterocycles. The number of carbonyl (C=O) groups excluding carboxylic acids is 2. The number of hydroxylamine groups is 1. The number of hydrogen-bond acceptors (Lipinski definition) is 4. The van der Waals surface area contributed by atoms with E-state index in [0.29, 0.717) is 33.2 Å². The van der Waals surface area contributed by atoms with E-state index in [0.717, 1.165) is 0 Å². The van der Waals surface area contributed by atoms with Crippen LogP contribution in [0.25, 0.3) is 0 Å². The van der Waals surface area contributed by atoms with Crippen LogP contribution >= 0.6 is 23.2 Å². The molecule has 0 radical (unpaired) electrons. The number of halogens is 2. The second kappa shape index (κ2) is 6.04. The molecule has 20 heavy (non-hydrogen) atoms. The lowest BCUT2D eigenvalue weighted by atomic mass is 9.91. The molecule has 1 aliphatic rings. The summed E-state index contributed by atoms with van der Waals surface area (Å²) in [6.45, 7) is 0. The zero-order valence-corrected chi connectivity index (χ0v) is 11.5. The van der Waals surface area contributed by atoms with Crippen molar-refractivity contribution in [3.8, 4) is 0 Å². The summed E-state index contributed by atoms with van der Waals surface area (Å²) < 4.78 is 0. The zero-order valence-electron chi connectivity index (χ0n) is 9.98. The number of Topliss-reactive ketones (excluding diaryl/α,β-unsaturated/α-hetero) is 1. The minimum atomic E-state index is -0.906. The predicted octanol–water partition coefficient (Wildman–Crippen LogP) is 2.33. The normalized spacial score (nSPS) is 13.9. The van der Waals surface area contributed by atoms with Gasteiger partial charge in [-0.05, 0) is 24.1 Å². The third-order valence-corrected chi connectivity index (χ3v) is 3.22. The molecule has 0 heterocycles. The van der Waals surface area contributed by atoms with E-state index in [2.05, 4.69) is 5.10 Å². The summed E-state index contributed by atoms with van der Waals surface area (Å²) in [7, 11) is 0. The van der Waals surface area contributed by atoms with Crippen molar-refractivity contribution in [3.05, 3.63) is 45.0 Å². The summed E-state index contributed by atoms with van der Waals surface area (Å²) in [6.07, 6.45) is 3.30. The molecule has 104 valence electrons. The van der Waals surface area contributed by atoms with E-state index < -0.39 is 6.03 Å². The van der Waals surface area contributed by atoms with Crippen LogP contribution in [0.2, 0.25) is 10.0 Å². The van der Waals surface area contributed by atoms with Crippen molar-refractivity contribution in [2.75, 3.05) is 0 Å². The third kappa shape index (κ3) is 2.98. The van der Waals surface area contributed by atoms with Crippen molar-refractivity contribution < 1.29 is 14.8 Å². The number of urea groups is 1. The molecule has 0 aliphatic heterocycles. The minimum Gasteiger partial charge on any atom is -0.289 e. The molecular formula is C12H9Cl2N3O3. The maximum absolute atomic E-state index is 12.2. The number of nitrogens with one attached hydrogen (secondary N) is 2. The minimum absolute atomic E-state index is 0.286. The molecule has 3 N–H and O–H groups in total. The average molecular weight is 314 g/mol. The van der Waals surface area contributed by atoms with Crippen LogP contribution in [-0.2, 0) is 6.42 Å². The Kier molecular flexibility index (Phi) is 4.39. The van der Waals surface area contributed by atoms with E-state index >= 15 is 0 Å². The van der Waals surface area contributed by atoms with Gasteiger partial charge in [-0.3, -0.25) is 10.0 Å². The molecule has 0 unspecified atom stereocenters. The average Bonchev–Trinajstić information content (AvgIpc) is 2.41. The Bertz CT molecular complexity index is 641. The fourth-order valence-corrected chi connectivity index (χ4v) is 2.34. The zero-order chi connectivity index (χ0) is 14.7. The highest BCUT2D eigenvalue weighted by molar-refractivity contribution is 6.37. The second-order valence-electron chi connectivity index (χ2n) is 3.92. The van der Waals surface area contributed by atoms with Gasteiger partial charge in [0.25, 0.3) is 0 Å². The first-order valence-electron chi connectivity index (χ1n) is 5.49. The Hall–Kier alpha value is -1.89. The molecule has 2 rings (SSSR count). The molecule has 0 aromatic heterocycles. The Morgan fingerprint density at radius 3 is 2.85 bits per heavy atom. The van der Waals surface area contributed by atoms with Gasteiger partial charge < -0.3 is 0 Å². The van der Waals surface area contributed by atoms with Crippen molar-refractivity contribution in [1.82, 2.24) is 10.9 Å². The fraction of sp³-hybridized carbons (Fsp3) is 0.0833. The lowest BCUT2D eigenvalue weighted by Gasteiger charge is -2.15. The largest absolute Gasteiger partial charge is 0.358 e. The van der Waals surface area contributed by atoms with Crippen LogP contribution in [0.3, 0.4) is 0 Å². The number of allylic oxidation sites excluding steroid dienone is 2. The summed E-state index contributed by atoms with van der Waals surface area (Å²) in [5, 5.41) is 12.6. The first kappa shape index (κ1) is 14.5. The highest BCUT2D eigenvalue weighted by Crippen LogP contribution is 2.30. The van der Waals surface area contributed by atoms with Gasteiger partial charge in [0.15, 0.2) is 5.78 Å². The molecule has 0 saturated carbocycles. The third-order valence-electron chi connectivity index (χ3n) is 2.66. The molecular weight excluding hydrogens is 305 g/mol.